The Morgan fingerprint density at radius 3 is 2.83 bits per heavy atom. The molecule has 0 amide bonds. The van der Waals surface area contributed by atoms with E-state index in [1.807, 2.05) is 0 Å². The Balaban J connectivity index is 2.53. The molecule has 0 spiro atoms. The Hall–Kier alpha value is -2.48. The van der Waals surface area contributed by atoms with Crippen molar-refractivity contribution in [1.82, 2.24) is 10.2 Å². The number of thiocarbonyl (C=S) groups is 1. The van der Waals surface area contributed by atoms with Crippen molar-refractivity contribution in [3.8, 4) is 0 Å². The molecule has 0 bridgehead atoms. The Morgan fingerprint density at radius 2 is 2.22 bits per heavy atom. The number of non-ortho nitro benzene ring substituents is 1. The molecule has 7 nitrogen and oxygen atoms in total. The Bertz CT molecular complexity index is 702. The van der Waals surface area contributed by atoms with Gasteiger partial charge in [-0.05, 0) is 31.6 Å². The third kappa shape index (κ3) is 3.31. The summed E-state index contributed by atoms with van der Waals surface area (Å²) in [7, 11) is 1.74. The van der Waals surface area contributed by atoms with Crippen LogP contribution < -0.4 is 5.32 Å². The van der Waals surface area contributed by atoms with Crippen LogP contribution in [0.1, 0.15) is 25.5 Å². The summed E-state index contributed by atoms with van der Waals surface area (Å²) in [5, 5.41) is 14.5. The second-order valence-electron chi connectivity index (χ2n) is 5.01. The van der Waals surface area contributed by atoms with Gasteiger partial charge in [-0.1, -0.05) is 12.1 Å². The number of esters is 1. The summed E-state index contributed by atoms with van der Waals surface area (Å²) < 4.78 is 5.12. The van der Waals surface area contributed by atoms with Crippen LogP contribution in [0.4, 0.5) is 5.69 Å². The van der Waals surface area contributed by atoms with Gasteiger partial charge in [0.15, 0.2) is 5.11 Å². The van der Waals surface area contributed by atoms with E-state index in [0.717, 1.165) is 0 Å². The van der Waals surface area contributed by atoms with Crippen molar-refractivity contribution >= 4 is 29.0 Å². The van der Waals surface area contributed by atoms with Crippen molar-refractivity contribution in [2.75, 3.05) is 13.7 Å². The summed E-state index contributed by atoms with van der Waals surface area (Å²) in [5.41, 5.74) is 1.58. The van der Waals surface area contributed by atoms with E-state index in [2.05, 4.69) is 5.32 Å². The maximum absolute atomic E-state index is 12.3. The van der Waals surface area contributed by atoms with Gasteiger partial charge in [0.05, 0.1) is 23.1 Å². The number of benzene rings is 1. The van der Waals surface area contributed by atoms with E-state index in [1.54, 1.807) is 37.9 Å². The first-order valence-corrected chi connectivity index (χ1v) is 7.44. The number of hydrogen-bond acceptors (Lipinski definition) is 5. The fourth-order valence-electron chi connectivity index (χ4n) is 2.38. The zero-order chi connectivity index (χ0) is 17.1. The van der Waals surface area contributed by atoms with E-state index < -0.39 is 16.9 Å². The molecular weight excluding hydrogens is 318 g/mol. The highest BCUT2D eigenvalue weighted by atomic mass is 32.1. The number of ether oxygens (including phenoxy) is 1. The Kier molecular flexibility index (Phi) is 4.95. The molecule has 8 heteroatoms. The third-order valence-electron chi connectivity index (χ3n) is 3.66. The number of carbonyl (C=O) groups excluding carboxylic acids is 1. The minimum Gasteiger partial charge on any atom is -0.463 e. The van der Waals surface area contributed by atoms with Gasteiger partial charge in [-0.3, -0.25) is 10.1 Å². The normalized spacial score (nSPS) is 17.8. The number of nitro benzene ring substituents is 1. The van der Waals surface area contributed by atoms with Crippen LogP contribution in [-0.4, -0.2) is 34.6 Å². The Labute approximate surface area is 139 Å². The van der Waals surface area contributed by atoms with E-state index in [9.17, 15) is 14.9 Å². The molecule has 1 aliphatic heterocycles. The number of nitro groups is 1. The molecule has 1 N–H and O–H groups in total. The molecule has 1 aromatic carbocycles. The number of rotatable bonds is 4. The summed E-state index contributed by atoms with van der Waals surface area (Å²) in [4.78, 5) is 24.5. The average Bonchev–Trinajstić information content (AvgIpc) is 2.52. The second kappa shape index (κ2) is 6.74. The molecule has 0 aromatic heterocycles. The fourth-order valence-corrected chi connectivity index (χ4v) is 2.63. The van der Waals surface area contributed by atoms with Gasteiger partial charge in [0.25, 0.3) is 5.69 Å². The van der Waals surface area contributed by atoms with Crippen LogP contribution in [0.15, 0.2) is 35.5 Å². The van der Waals surface area contributed by atoms with Crippen LogP contribution in [-0.2, 0) is 9.53 Å². The van der Waals surface area contributed by atoms with Crippen molar-refractivity contribution < 1.29 is 14.5 Å². The molecule has 0 saturated carbocycles. The maximum Gasteiger partial charge on any atom is 0.338 e. The molecule has 1 unspecified atom stereocenters. The molecule has 0 aliphatic carbocycles. The topological polar surface area (TPSA) is 84.7 Å². The monoisotopic (exact) mass is 335 g/mol. The highest BCUT2D eigenvalue weighted by Gasteiger charge is 2.33. The van der Waals surface area contributed by atoms with Crippen molar-refractivity contribution in [3.63, 3.8) is 0 Å². The van der Waals surface area contributed by atoms with E-state index >= 15 is 0 Å². The fraction of sp³-hybridized carbons (Fsp3) is 0.333. The number of hydrogen-bond donors (Lipinski definition) is 1. The van der Waals surface area contributed by atoms with E-state index in [-0.39, 0.29) is 12.3 Å². The quantitative estimate of drug-likeness (QED) is 0.391. The predicted octanol–water partition coefficient (Wildman–Crippen LogP) is 2.29. The number of nitrogens with zero attached hydrogens (tertiary/aromatic N) is 2. The lowest BCUT2D eigenvalue weighted by Crippen LogP contribution is -2.46. The average molecular weight is 335 g/mol. The molecule has 1 aliphatic rings. The molecule has 122 valence electrons. The molecule has 1 aromatic rings. The summed E-state index contributed by atoms with van der Waals surface area (Å²) >= 11 is 5.27. The van der Waals surface area contributed by atoms with Crippen LogP contribution in [0.5, 0.6) is 0 Å². The number of carbonyl (C=O) groups is 1. The van der Waals surface area contributed by atoms with Crippen molar-refractivity contribution in [2.45, 2.75) is 19.9 Å². The van der Waals surface area contributed by atoms with Crippen LogP contribution in [0, 0.1) is 10.1 Å². The van der Waals surface area contributed by atoms with E-state index in [0.29, 0.717) is 21.9 Å². The minimum absolute atomic E-state index is 0.0463. The molecular formula is C15H17N3O4S. The summed E-state index contributed by atoms with van der Waals surface area (Å²) in [5.74, 6) is -0.469. The van der Waals surface area contributed by atoms with Gasteiger partial charge in [-0.2, -0.15) is 0 Å². The summed E-state index contributed by atoms with van der Waals surface area (Å²) in [6, 6.07) is 5.53. The standard InChI is InChI=1S/C15H17N3O4S/c1-4-22-14(19)12-9(2)17(3)15(23)16-13(12)10-6-5-7-11(8-10)18(20)21/h5-8,13H,4H2,1-3H3,(H,16,23). The highest BCUT2D eigenvalue weighted by molar-refractivity contribution is 7.80. The lowest BCUT2D eigenvalue weighted by Gasteiger charge is -2.35. The smallest absolute Gasteiger partial charge is 0.338 e. The summed E-state index contributed by atoms with van der Waals surface area (Å²) in [6.45, 7) is 3.73. The predicted molar refractivity (Wildman–Crippen MR) is 88.7 cm³/mol. The zero-order valence-corrected chi connectivity index (χ0v) is 13.8. The first-order chi connectivity index (χ1) is 10.9. The van der Waals surface area contributed by atoms with Crippen LogP contribution >= 0.6 is 12.2 Å². The molecule has 0 saturated heterocycles. The molecule has 0 radical (unpaired) electrons. The molecule has 1 heterocycles. The van der Waals surface area contributed by atoms with Gasteiger partial charge in [-0.25, -0.2) is 4.79 Å². The van der Waals surface area contributed by atoms with Crippen LogP contribution in [0.25, 0.3) is 0 Å². The molecule has 23 heavy (non-hydrogen) atoms. The lowest BCUT2D eigenvalue weighted by atomic mass is 9.95. The van der Waals surface area contributed by atoms with Crippen molar-refractivity contribution in [1.29, 1.82) is 0 Å². The van der Waals surface area contributed by atoms with Crippen LogP contribution in [0.2, 0.25) is 0 Å². The lowest BCUT2D eigenvalue weighted by molar-refractivity contribution is -0.384. The first kappa shape index (κ1) is 16.9. The van der Waals surface area contributed by atoms with Gasteiger partial charge in [0, 0.05) is 24.9 Å². The van der Waals surface area contributed by atoms with Gasteiger partial charge in [-0.15, -0.1) is 0 Å². The van der Waals surface area contributed by atoms with Crippen molar-refractivity contribution in [3.05, 3.63) is 51.2 Å². The largest absolute Gasteiger partial charge is 0.463 e. The molecule has 2 rings (SSSR count). The van der Waals surface area contributed by atoms with E-state index in [4.69, 9.17) is 17.0 Å². The summed E-state index contributed by atoms with van der Waals surface area (Å²) in [6.07, 6.45) is 0. The molecule has 1 atom stereocenters. The van der Waals surface area contributed by atoms with Gasteiger partial charge in [0.1, 0.15) is 0 Å². The second-order valence-corrected chi connectivity index (χ2v) is 5.40. The third-order valence-corrected chi connectivity index (χ3v) is 4.06. The van der Waals surface area contributed by atoms with Gasteiger partial charge < -0.3 is 15.0 Å². The SMILES string of the molecule is CCOC(=O)C1=C(C)N(C)C(=S)NC1c1cccc([N+](=O)[O-])c1. The molecule has 0 fully saturated rings. The van der Waals surface area contributed by atoms with Crippen molar-refractivity contribution in [2.24, 2.45) is 0 Å². The van der Waals surface area contributed by atoms with Crippen LogP contribution in [0.3, 0.4) is 0 Å². The number of nitrogens with one attached hydrogen (secondary N) is 1. The number of allylic oxidation sites excluding steroid dienone is 1. The Morgan fingerprint density at radius 1 is 1.52 bits per heavy atom. The maximum atomic E-state index is 12.3. The van der Waals surface area contributed by atoms with Gasteiger partial charge >= 0.3 is 5.97 Å². The zero-order valence-electron chi connectivity index (χ0n) is 13.0. The van der Waals surface area contributed by atoms with E-state index in [1.165, 1.54) is 12.1 Å². The highest BCUT2D eigenvalue weighted by Crippen LogP contribution is 2.32. The minimum atomic E-state index is -0.586. The first-order valence-electron chi connectivity index (χ1n) is 7.03. The van der Waals surface area contributed by atoms with Gasteiger partial charge in [0.2, 0.25) is 0 Å².